The van der Waals surface area contributed by atoms with Crippen LogP contribution < -0.4 is 0 Å². The maximum absolute atomic E-state index is 12.1. The van der Waals surface area contributed by atoms with Crippen molar-refractivity contribution in [3.05, 3.63) is 0 Å². The van der Waals surface area contributed by atoms with Crippen LogP contribution in [0.5, 0.6) is 0 Å². The van der Waals surface area contributed by atoms with Crippen molar-refractivity contribution in [2.45, 2.75) is 6.92 Å². The van der Waals surface area contributed by atoms with Gasteiger partial charge in [0.05, 0.1) is 0 Å². The molecule has 0 aromatic heterocycles. The maximum atomic E-state index is 12.1. The second kappa shape index (κ2) is 6.48. The summed E-state index contributed by atoms with van der Waals surface area (Å²) >= 11 is 0.706. The van der Waals surface area contributed by atoms with Crippen LogP contribution in [0.4, 0.5) is 4.53 Å². The normalized spacial score (nSPS) is 15.6. The number of rotatable bonds is 7. The van der Waals surface area contributed by atoms with Crippen molar-refractivity contribution in [3.8, 4) is 0 Å². The van der Waals surface area contributed by atoms with Gasteiger partial charge in [0.25, 0.3) is 0 Å². The molecule has 0 radical (unpaired) electrons. The third-order valence-electron chi connectivity index (χ3n) is 1.34. The third kappa shape index (κ3) is 4.61. The van der Waals surface area contributed by atoms with Gasteiger partial charge in [-0.3, -0.25) is 0 Å². The molecule has 0 aliphatic heterocycles. The summed E-state index contributed by atoms with van der Waals surface area (Å²) in [5.41, 5.74) is 0. The van der Waals surface area contributed by atoms with Gasteiger partial charge in [-0.05, 0) is 0 Å². The van der Waals surface area contributed by atoms with E-state index in [0.717, 1.165) is 0 Å². The minimum absolute atomic E-state index is 0.0631. The van der Waals surface area contributed by atoms with Gasteiger partial charge in [0.1, 0.15) is 0 Å². The first kappa shape index (κ1) is 14.9. The van der Waals surface area contributed by atoms with E-state index in [-0.39, 0.29) is 6.16 Å². The Bertz CT molecular complexity index is 160. The first-order valence-electron chi connectivity index (χ1n) is 3.67. The van der Waals surface area contributed by atoms with E-state index in [1.165, 1.54) is 13.4 Å². The topological polar surface area (TPSA) is 77.4 Å². The summed E-state index contributed by atoms with van der Waals surface area (Å²) in [5.74, 6) is 0. The van der Waals surface area contributed by atoms with E-state index in [1.54, 1.807) is 6.92 Å². The zero-order valence-corrected chi connectivity index (χ0v) is 10.8. The summed E-state index contributed by atoms with van der Waals surface area (Å²) < 4.78 is 29.4. The SMILES string of the molecule is CC[PH](OC)(OF)O[PH](O)(O)OSC. The van der Waals surface area contributed by atoms with Gasteiger partial charge < -0.3 is 0 Å². The molecule has 14 heavy (non-hydrogen) atoms. The summed E-state index contributed by atoms with van der Waals surface area (Å²) in [6.07, 6.45) is 1.53. The van der Waals surface area contributed by atoms with Crippen molar-refractivity contribution >= 4 is 28.2 Å². The van der Waals surface area contributed by atoms with Crippen molar-refractivity contribution in [1.82, 2.24) is 0 Å². The molecule has 90 valence electrons. The van der Waals surface area contributed by atoms with Gasteiger partial charge in [0.15, 0.2) is 0 Å². The molecular formula is C4H15FO6P2S. The molecule has 0 spiro atoms. The van der Waals surface area contributed by atoms with E-state index in [4.69, 9.17) is 0 Å². The van der Waals surface area contributed by atoms with Crippen molar-refractivity contribution in [3.63, 3.8) is 0 Å². The quantitative estimate of drug-likeness (QED) is 0.540. The molecule has 0 amide bonds. The Morgan fingerprint density at radius 2 is 2.00 bits per heavy atom. The van der Waals surface area contributed by atoms with Gasteiger partial charge in [-0.15, -0.1) is 0 Å². The average Bonchev–Trinajstić information content (AvgIpc) is 2.14. The molecule has 0 bridgehead atoms. The molecule has 0 aliphatic carbocycles. The third-order valence-corrected chi connectivity index (χ3v) is 6.91. The molecule has 0 fully saturated rings. The standard InChI is InChI=1S/C4H15FO6P2S/c1-4-12(8-2,9-5)10-13(6,7)11-14-3/h6-7,12-13H,4H2,1-3H3. The molecule has 6 nitrogen and oxygen atoms in total. The van der Waals surface area contributed by atoms with Gasteiger partial charge in [0.2, 0.25) is 0 Å². The van der Waals surface area contributed by atoms with Gasteiger partial charge in [-0.1, -0.05) is 0 Å². The summed E-state index contributed by atoms with van der Waals surface area (Å²) in [6, 6.07) is 0. The Kier molecular flexibility index (Phi) is 6.89. The van der Waals surface area contributed by atoms with Crippen molar-refractivity contribution in [1.29, 1.82) is 0 Å². The predicted octanol–water partition coefficient (Wildman–Crippen LogP) is 1.75. The minimum atomic E-state index is -4.37. The van der Waals surface area contributed by atoms with E-state index >= 15 is 0 Å². The van der Waals surface area contributed by atoms with Crippen molar-refractivity contribution in [2.24, 2.45) is 0 Å². The fourth-order valence-electron chi connectivity index (χ4n) is 0.688. The zero-order valence-electron chi connectivity index (χ0n) is 8.02. The Morgan fingerprint density at radius 1 is 1.43 bits per heavy atom. The fourth-order valence-corrected chi connectivity index (χ4v) is 5.12. The van der Waals surface area contributed by atoms with Crippen LogP contribution in [0.1, 0.15) is 6.92 Å². The molecule has 0 saturated heterocycles. The molecule has 0 aliphatic rings. The molecule has 0 heterocycles. The monoisotopic (exact) mass is 272 g/mol. The van der Waals surface area contributed by atoms with Crippen LogP contribution >= 0.6 is 28.2 Å². The number of hydrogen-bond donors (Lipinski definition) is 2. The van der Waals surface area contributed by atoms with Crippen LogP contribution in [0.3, 0.4) is 0 Å². The van der Waals surface area contributed by atoms with Crippen LogP contribution in [0, 0.1) is 0 Å². The molecule has 0 saturated carbocycles. The van der Waals surface area contributed by atoms with Crippen LogP contribution in [0.2, 0.25) is 0 Å². The van der Waals surface area contributed by atoms with Gasteiger partial charge >= 0.3 is 86.5 Å². The Morgan fingerprint density at radius 3 is 2.29 bits per heavy atom. The Hall–Kier alpha value is 0.900. The predicted molar refractivity (Wildman–Crippen MR) is 56.5 cm³/mol. The summed E-state index contributed by atoms with van der Waals surface area (Å²) in [7, 11) is -6.83. The molecular weight excluding hydrogens is 257 g/mol. The van der Waals surface area contributed by atoms with Crippen LogP contribution in [-0.4, -0.2) is 29.3 Å². The van der Waals surface area contributed by atoms with E-state index in [0.29, 0.717) is 12.0 Å². The van der Waals surface area contributed by atoms with Crippen LogP contribution in [-0.2, 0) is 17.5 Å². The van der Waals surface area contributed by atoms with Gasteiger partial charge in [0, 0.05) is 0 Å². The molecule has 0 aromatic carbocycles. The van der Waals surface area contributed by atoms with Gasteiger partial charge in [-0.25, -0.2) is 0 Å². The van der Waals surface area contributed by atoms with E-state index < -0.39 is 16.1 Å². The molecule has 0 atom stereocenters. The first-order valence-corrected chi connectivity index (χ1v) is 8.46. The molecule has 0 rings (SSSR count). The summed E-state index contributed by atoms with van der Waals surface area (Å²) in [5, 5.41) is 0. The van der Waals surface area contributed by atoms with Gasteiger partial charge in [-0.2, -0.15) is 0 Å². The second-order valence-electron chi connectivity index (χ2n) is 2.22. The molecule has 2 N–H and O–H groups in total. The number of halogens is 1. The summed E-state index contributed by atoms with van der Waals surface area (Å²) in [4.78, 5) is 18.4. The first-order chi connectivity index (χ1) is 6.45. The fraction of sp³-hybridized carbons (Fsp3) is 1.00. The van der Waals surface area contributed by atoms with Crippen LogP contribution in [0.25, 0.3) is 0 Å². The van der Waals surface area contributed by atoms with Crippen molar-refractivity contribution in [2.75, 3.05) is 19.5 Å². The zero-order chi connectivity index (χ0) is 11.2. The van der Waals surface area contributed by atoms with Crippen molar-refractivity contribution < 1.29 is 31.8 Å². The summed E-state index contributed by atoms with van der Waals surface area (Å²) in [6.45, 7) is 1.54. The average molecular weight is 272 g/mol. The van der Waals surface area contributed by atoms with Crippen LogP contribution in [0.15, 0.2) is 0 Å². The second-order valence-corrected chi connectivity index (χ2v) is 7.77. The molecule has 0 unspecified atom stereocenters. The number of hydrogen-bond acceptors (Lipinski definition) is 7. The Labute approximate surface area is 87.1 Å². The van der Waals surface area contributed by atoms with E-state index in [1.807, 2.05) is 0 Å². The van der Waals surface area contributed by atoms with E-state index in [9.17, 15) is 14.3 Å². The Balaban J connectivity index is 4.41. The van der Waals surface area contributed by atoms with E-state index in [2.05, 4.69) is 17.5 Å². The molecule has 10 heteroatoms. The molecule has 0 aromatic rings.